The third-order valence-electron chi connectivity index (χ3n) is 3.37. The van der Waals surface area contributed by atoms with Crippen LogP contribution in [0.15, 0.2) is 0 Å². The van der Waals surface area contributed by atoms with Crippen LogP contribution in [0.3, 0.4) is 0 Å². The van der Waals surface area contributed by atoms with Crippen LogP contribution in [0, 0.1) is 12.8 Å². The normalized spacial score (nSPS) is 13.0. The van der Waals surface area contributed by atoms with E-state index >= 15 is 0 Å². The van der Waals surface area contributed by atoms with Crippen molar-refractivity contribution in [1.82, 2.24) is 20.0 Å². The van der Waals surface area contributed by atoms with Crippen LogP contribution >= 0.6 is 0 Å². The highest BCUT2D eigenvalue weighted by Gasteiger charge is 2.22. The van der Waals surface area contributed by atoms with Crippen LogP contribution in [-0.2, 0) is 6.54 Å². The number of carbonyl (C=O) groups excluding carboxylic acids is 1. The molecule has 0 aromatic carbocycles. The van der Waals surface area contributed by atoms with Gasteiger partial charge in [-0.3, -0.25) is 9.48 Å². The molecule has 1 aromatic rings. The highest BCUT2D eigenvalue weighted by atomic mass is 16.2. The summed E-state index contributed by atoms with van der Waals surface area (Å²) in [6, 6.07) is 0.104. The third kappa shape index (κ3) is 4.74. The van der Waals surface area contributed by atoms with Crippen molar-refractivity contribution in [2.75, 3.05) is 26.4 Å². The van der Waals surface area contributed by atoms with Crippen LogP contribution < -0.4 is 11.1 Å². The number of nitrogens with zero attached hydrogens (tertiary/aromatic N) is 3. The van der Waals surface area contributed by atoms with Gasteiger partial charge in [-0.15, -0.1) is 0 Å². The number of aromatic nitrogens is 2. The fourth-order valence-corrected chi connectivity index (χ4v) is 2.51. The van der Waals surface area contributed by atoms with E-state index in [-0.39, 0.29) is 11.9 Å². The van der Waals surface area contributed by atoms with E-state index in [1.807, 2.05) is 27.9 Å². The highest BCUT2D eigenvalue weighted by Crippen LogP contribution is 2.17. The summed E-state index contributed by atoms with van der Waals surface area (Å²) in [4.78, 5) is 14.6. The zero-order chi connectivity index (χ0) is 16.2. The lowest BCUT2D eigenvalue weighted by Gasteiger charge is -2.24. The van der Waals surface area contributed by atoms with Crippen LogP contribution in [0.5, 0.6) is 0 Å². The minimum Gasteiger partial charge on any atom is -0.395 e. The predicted molar refractivity (Wildman–Crippen MR) is 86.3 cm³/mol. The second kappa shape index (κ2) is 7.45. The molecule has 0 aliphatic heterocycles. The number of aryl methyl sites for hydroxylation is 2. The van der Waals surface area contributed by atoms with Gasteiger partial charge < -0.3 is 16.0 Å². The first-order chi connectivity index (χ1) is 9.76. The fraction of sp³-hybridized carbons (Fsp3) is 0.733. The van der Waals surface area contributed by atoms with E-state index in [1.165, 1.54) is 0 Å². The van der Waals surface area contributed by atoms with Crippen molar-refractivity contribution in [2.45, 2.75) is 46.7 Å². The molecule has 0 aliphatic carbocycles. The van der Waals surface area contributed by atoms with E-state index in [2.05, 4.69) is 29.2 Å². The first-order valence-corrected chi connectivity index (χ1v) is 7.54. The Kier molecular flexibility index (Phi) is 6.20. The molecule has 21 heavy (non-hydrogen) atoms. The summed E-state index contributed by atoms with van der Waals surface area (Å²) in [5, 5.41) is 7.40. The molecule has 1 rings (SSSR count). The molecule has 120 valence electrons. The van der Waals surface area contributed by atoms with Crippen molar-refractivity contribution >= 4 is 11.6 Å². The van der Waals surface area contributed by atoms with Crippen LogP contribution in [-0.4, -0.2) is 47.3 Å². The standard InChI is InChI=1S/C15H29N5O/c1-7-20-14(13(16)11(4)18-20)15(21)17-12(8-10(2)3)9-19(5)6/h10,12H,7-9,16H2,1-6H3,(H,17,21). The summed E-state index contributed by atoms with van der Waals surface area (Å²) in [5.41, 5.74) is 7.66. The molecule has 1 heterocycles. The summed E-state index contributed by atoms with van der Waals surface area (Å²) in [7, 11) is 4.02. The number of anilines is 1. The van der Waals surface area contributed by atoms with E-state index in [1.54, 1.807) is 4.68 Å². The van der Waals surface area contributed by atoms with E-state index < -0.39 is 0 Å². The van der Waals surface area contributed by atoms with Crippen molar-refractivity contribution in [1.29, 1.82) is 0 Å². The zero-order valence-corrected chi connectivity index (χ0v) is 14.1. The fourth-order valence-electron chi connectivity index (χ4n) is 2.51. The summed E-state index contributed by atoms with van der Waals surface area (Å²) in [5.74, 6) is 0.382. The molecular formula is C15H29N5O. The highest BCUT2D eigenvalue weighted by molar-refractivity contribution is 5.98. The summed E-state index contributed by atoms with van der Waals surface area (Å²) < 4.78 is 1.67. The van der Waals surface area contributed by atoms with Crippen LogP contribution in [0.4, 0.5) is 5.69 Å². The molecule has 1 amide bonds. The molecule has 1 unspecified atom stereocenters. The Hall–Kier alpha value is -1.56. The molecule has 0 saturated heterocycles. The van der Waals surface area contributed by atoms with Crippen LogP contribution in [0.1, 0.15) is 43.4 Å². The van der Waals surface area contributed by atoms with Crippen molar-refractivity contribution in [2.24, 2.45) is 5.92 Å². The second-order valence-electron chi connectivity index (χ2n) is 6.23. The van der Waals surface area contributed by atoms with Gasteiger partial charge in [-0.2, -0.15) is 5.10 Å². The van der Waals surface area contributed by atoms with Crippen molar-refractivity contribution in [3.05, 3.63) is 11.4 Å². The summed E-state index contributed by atoms with van der Waals surface area (Å²) >= 11 is 0. The van der Waals surface area contributed by atoms with E-state index in [9.17, 15) is 4.79 Å². The lowest BCUT2D eigenvalue weighted by molar-refractivity contribution is 0.0914. The average molecular weight is 295 g/mol. The number of hydrogen-bond acceptors (Lipinski definition) is 4. The van der Waals surface area contributed by atoms with Crippen molar-refractivity contribution in [3.63, 3.8) is 0 Å². The molecule has 0 saturated carbocycles. The van der Waals surface area contributed by atoms with Gasteiger partial charge in [0.15, 0.2) is 0 Å². The lowest BCUT2D eigenvalue weighted by atomic mass is 10.0. The smallest absolute Gasteiger partial charge is 0.271 e. The SMILES string of the molecule is CCn1nc(C)c(N)c1C(=O)NC(CC(C)C)CN(C)C. The van der Waals surface area contributed by atoms with Crippen LogP contribution in [0.2, 0.25) is 0 Å². The molecule has 0 radical (unpaired) electrons. The maximum Gasteiger partial charge on any atom is 0.271 e. The molecule has 0 spiro atoms. The number of nitrogen functional groups attached to an aromatic ring is 1. The van der Waals surface area contributed by atoms with Gasteiger partial charge in [0.05, 0.1) is 11.4 Å². The van der Waals surface area contributed by atoms with E-state index in [0.717, 1.165) is 13.0 Å². The van der Waals surface area contributed by atoms with Gasteiger partial charge in [-0.25, -0.2) is 0 Å². The summed E-state index contributed by atoms with van der Waals surface area (Å²) in [6.45, 7) is 9.53. The minimum atomic E-state index is -0.137. The quantitative estimate of drug-likeness (QED) is 0.799. The predicted octanol–water partition coefficient (Wildman–Crippen LogP) is 1.50. The number of carbonyl (C=O) groups is 1. The molecule has 6 nitrogen and oxygen atoms in total. The number of amides is 1. The van der Waals surface area contributed by atoms with Gasteiger partial charge in [0.2, 0.25) is 0 Å². The molecule has 0 fully saturated rings. The van der Waals surface area contributed by atoms with Gasteiger partial charge in [-0.1, -0.05) is 13.8 Å². The lowest BCUT2D eigenvalue weighted by Crippen LogP contribution is -2.43. The average Bonchev–Trinajstić information content (AvgIpc) is 2.63. The van der Waals surface area contributed by atoms with Crippen molar-refractivity contribution in [3.8, 4) is 0 Å². The molecule has 0 bridgehead atoms. The first-order valence-electron chi connectivity index (χ1n) is 7.54. The van der Waals surface area contributed by atoms with E-state index in [0.29, 0.717) is 29.5 Å². The molecule has 3 N–H and O–H groups in total. The van der Waals surface area contributed by atoms with Gasteiger partial charge in [0.25, 0.3) is 5.91 Å². The number of nitrogens with two attached hydrogens (primary N) is 1. The Bertz CT molecular complexity index is 469. The Morgan fingerprint density at radius 1 is 1.43 bits per heavy atom. The Morgan fingerprint density at radius 3 is 2.52 bits per heavy atom. The number of nitrogens with one attached hydrogen (secondary N) is 1. The maximum absolute atomic E-state index is 12.6. The molecule has 6 heteroatoms. The van der Waals surface area contributed by atoms with Gasteiger partial charge >= 0.3 is 0 Å². The van der Waals surface area contributed by atoms with Gasteiger partial charge in [0.1, 0.15) is 5.69 Å². The largest absolute Gasteiger partial charge is 0.395 e. The number of rotatable bonds is 7. The molecule has 0 aliphatic rings. The molecule has 1 atom stereocenters. The Labute approximate surface area is 127 Å². The first kappa shape index (κ1) is 17.5. The second-order valence-corrected chi connectivity index (χ2v) is 6.23. The van der Waals surface area contributed by atoms with Gasteiger partial charge in [0, 0.05) is 19.1 Å². The Balaban J connectivity index is 2.91. The topological polar surface area (TPSA) is 76.2 Å². The molecule has 1 aromatic heterocycles. The van der Waals surface area contributed by atoms with Gasteiger partial charge in [-0.05, 0) is 40.3 Å². The van der Waals surface area contributed by atoms with Crippen LogP contribution in [0.25, 0.3) is 0 Å². The Morgan fingerprint density at radius 2 is 2.05 bits per heavy atom. The zero-order valence-electron chi connectivity index (χ0n) is 14.1. The third-order valence-corrected chi connectivity index (χ3v) is 3.37. The maximum atomic E-state index is 12.6. The van der Waals surface area contributed by atoms with E-state index in [4.69, 9.17) is 5.73 Å². The summed E-state index contributed by atoms with van der Waals surface area (Å²) in [6.07, 6.45) is 0.934. The minimum absolute atomic E-state index is 0.104. The number of hydrogen-bond donors (Lipinski definition) is 2. The molecular weight excluding hydrogens is 266 g/mol. The monoisotopic (exact) mass is 295 g/mol. The van der Waals surface area contributed by atoms with Crippen molar-refractivity contribution < 1.29 is 4.79 Å². The number of likely N-dealkylation sites (N-methyl/N-ethyl adjacent to an activating group) is 1.